The Balaban J connectivity index is 1.77. The first-order valence-electron chi connectivity index (χ1n) is 8.92. The summed E-state index contributed by atoms with van der Waals surface area (Å²) in [5.41, 5.74) is 2.71. The Bertz CT molecular complexity index is 473. The highest BCUT2D eigenvalue weighted by atomic mass is 15.2. The molecule has 4 heteroatoms. The highest BCUT2D eigenvalue weighted by molar-refractivity contribution is 5.79. The van der Waals surface area contributed by atoms with Crippen LogP contribution in [0.5, 0.6) is 0 Å². The summed E-state index contributed by atoms with van der Waals surface area (Å²) >= 11 is 0. The molecule has 0 aromatic heterocycles. The lowest BCUT2D eigenvalue weighted by molar-refractivity contribution is 0.221. The van der Waals surface area contributed by atoms with E-state index < -0.39 is 0 Å². The van der Waals surface area contributed by atoms with Crippen molar-refractivity contribution >= 4 is 5.96 Å². The minimum atomic E-state index is 0.614. The maximum Gasteiger partial charge on any atom is 0.191 e. The predicted molar refractivity (Wildman–Crippen MR) is 98.6 cm³/mol. The smallest absolute Gasteiger partial charge is 0.191 e. The molecule has 1 aliphatic heterocycles. The van der Waals surface area contributed by atoms with Crippen LogP contribution < -0.4 is 10.6 Å². The quantitative estimate of drug-likeness (QED) is 0.626. The molecular weight excluding hydrogens is 284 g/mol. The monoisotopic (exact) mass is 316 g/mol. The van der Waals surface area contributed by atoms with E-state index in [1.165, 1.54) is 43.5 Å². The van der Waals surface area contributed by atoms with Gasteiger partial charge in [-0.3, -0.25) is 9.89 Å². The summed E-state index contributed by atoms with van der Waals surface area (Å²) in [6, 6.07) is 8.97. The van der Waals surface area contributed by atoms with Crippen molar-refractivity contribution in [3.05, 3.63) is 35.4 Å². The molecule has 23 heavy (non-hydrogen) atoms. The molecule has 0 spiro atoms. The topological polar surface area (TPSA) is 39.7 Å². The molecule has 1 saturated heterocycles. The Morgan fingerprint density at radius 2 is 1.70 bits per heavy atom. The molecule has 0 amide bonds. The van der Waals surface area contributed by atoms with Crippen LogP contribution in [0, 0.1) is 5.92 Å². The van der Waals surface area contributed by atoms with Crippen LogP contribution in [-0.2, 0) is 13.1 Å². The van der Waals surface area contributed by atoms with Gasteiger partial charge in [0, 0.05) is 26.7 Å². The summed E-state index contributed by atoms with van der Waals surface area (Å²) in [4.78, 5) is 6.82. The van der Waals surface area contributed by atoms with Crippen molar-refractivity contribution in [1.82, 2.24) is 15.5 Å². The Hall–Kier alpha value is -1.55. The number of aliphatic imine (C=N–C) groups is 1. The van der Waals surface area contributed by atoms with Gasteiger partial charge < -0.3 is 10.6 Å². The summed E-state index contributed by atoms with van der Waals surface area (Å²) in [5, 5.41) is 6.71. The van der Waals surface area contributed by atoms with Crippen LogP contribution in [0.3, 0.4) is 0 Å². The third-order valence-electron chi connectivity index (χ3n) is 4.24. The fourth-order valence-electron chi connectivity index (χ4n) is 2.85. The van der Waals surface area contributed by atoms with Crippen LogP contribution >= 0.6 is 0 Å². The molecule has 2 rings (SSSR count). The summed E-state index contributed by atoms with van der Waals surface area (Å²) in [6.07, 6.45) is 4.10. The Labute approximate surface area is 141 Å². The van der Waals surface area contributed by atoms with Gasteiger partial charge in [-0.2, -0.15) is 0 Å². The van der Waals surface area contributed by atoms with Crippen molar-refractivity contribution in [3.8, 4) is 0 Å². The van der Waals surface area contributed by atoms with Gasteiger partial charge in [-0.25, -0.2) is 0 Å². The molecule has 0 aliphatic carbocycles. The predicted octanol–water partition coefficient (Wildman–Crippen LogP) is 2.99. The first-order valence-corrected chi connectivity index (χ1v) is 8.92. The Morgan fingerprint density at radius 3 is 2.30 bits per heavy atom. The average Bonchev–Trinajstić information content (AvgIpc) is 2.57. The number of hydrogen-bond donors (Lipinski definition) is 2. The van der Waals surface area contributed by atoms with E-state index in [1.54, 1.807) is 0 Å². The van der Waals surface area contributed by atoms with E-state index in [0.717, 1.165) is 25.6 Å². The van der Waals surface area contributed by atoms with Crippen LogP contribution in [0.25, 0.3) is 0 Å². The Morgan fingerprint density at radius 1 is 1.04 bits per heavy atom. The van der Waals surface area contributed by atoms with E-state index >= 15 is 0 Å². The molecule has 1 aromatic carbocycles. The van der Waals surface area contributed by atoms with Gasteiger partial charge in [0.15, 0.2) is 5.96 Å². The maximum atomic E-state index is 4.26. The molecule has 0 bridgehead atoms. The number of guanidine groups is 1. The lowest BCUT2D eigenvalue weighted by atomic mass is 10.1. The van der Waals surface area contributed by atoms with Gasteiger partial charge in [-0.15, -0.1) is 0 Å². The lowest BCUT2D eigenvalue weighted by Gasteiger charge is -2.26. The molecule has 1 aromatic rings. The van der Waals surface area contributed by atoms with Crippen LogP contribution in [0.4, 0.5) is 0 Å². The van der Waals surface area contributed by atoms with E-state index in [0.29, 0.717) is 5.92 Å². The van der Waals surface area contributed by atoms with Crippen molar-refractivity contribution in [1.29, 1.82) is 0 Å². The largest absolute Gasteiger partial charge is 0.356 e. The number of piperidine rings is 1. The zero-order valence-electron chi connectivity index (χ0n) is 14.9. The molecule has 1 heterocycles. The Kier molecular flexibility index (Phi) is 7.40. The summed E-state index contributed by atoms with van der Waals surface area (Å²) in [6.45, 7) is 9.73. The highest BCUT2D eigenvalue weighted by Crippen LogP contribution is 2.13. The normalized spacial score (nSPS) is 16.6. The number of benzene rings is 1. The first kappa shape index (κ1) is 17.8. The van der Waals surface area contributed by atoms with E-state index in [4.69, 9.17) is 0 Å². The van der Waals surface area contributed by atoms with Crippen LogP contribution in [0.1, 0.15) is 44.2 Å². The zero-order valence-corrected chi connectivity index (χ0v) is 14.9. The SMILES string of the molecule is CN=C(NCc1ccc(CN2CCCCC2)cc1)NCC(C)C. The van der Waals surface area contributed by atoms with Crippen LogP contribution in [0.2, 0.25) is 0 Å². The highest BCUT2D eigenvalue weighted by Gasteiger charge is 2.10. The van der Waals surface area contributed by atoms with Crippen molar-refractivity contribution in [2.24, 2.45) is 10.9 Å². The molecule has 1 aliphatic rings. The molecule has 1 fully saturated rings. The van der Waals surface area contributed by atoms with Gasteiger partial charge in [0.2, 0.25) is 0 Å². The fourth-order valence-corrected chi connectivity index (χ4v) is 2.85. The van der Waals surface area contributed by atoms with Crippen molar-refractivity contribution in [2.75, 3.05) is 26.7 Å². The van der Waals surface area contributed by atoms with Gasteiger partial charge in [0.1, 0.15) is 0 Å². The number of rotatable bonds is 6. The molecule has 2 N–H and O–H groups in total. The zero-order chi connectivity index (χ0) is 16.5. The summed E-state index contributed by atoms with van der Waals surface area (Å²) < 4.78 is 0. The molecule has 128 valence electrons. The van der Waals surface area contributed by atoms with E-state index in [1.807, 2.05) is 7.05 Å². The molecule has 0 atom stereocenters. The summed E-state index contributed by atoms with van der Waals surface area (Å²) in [5.74, 6) is 1.48. The number of hydrogen-bond acceptors (Lipinski definition) is 2. The lowest BCUT2D eigenvalue weighted by Crippen LogP contribution is -2.38. The second-order valence-electron chi connectivity index (χ2n) is 6.85. The molecule has 4 nitrogen and oxygen atoms in total. The second kappa shape index (κ2) is 9.56. The van der Waals surface area contributed by atoms with Gasteiger partial charge in [0.25, 0.3) is 0 Å². The van der Waals surface area contributed by atoms with E-state index in [2.05, 4.69) is 58.6 Å². The summed E-state index contributed by atoms with van der Waals surface area (Å²) in [7, 11) is 1.82. The third-order valence-corrected chi connectivity index (χ3v) is 4.24. The first-order chi connectivity index (χ1) is 11.2. The van der Waals surface area contributed by atoms with Crippen molar-refractivity contribution in [3.63, 3.8) is 0 Å². The molecule has 0 unspecified atom stereocenters. The maximum absolute atomic E-state index is 4.26. The number of likely N-dealkylation sites (tertiary alicyclic amines) is 1. The minimum absolute atomic E-state index is 0.614. The van der Waals surface area contributed by atoms with Crippen molar-refractivity contribution < 1.29 is 0 Å². The van der Waals surface area contributed by atoms with Crippen molar-refractivity contribution in [2.45, 2.75) is 46.2 Å². The van der Waals surface area contributed by atoms with Crippen LogP contribution in [-0.4, -0.2) is 37.5 Å². The molecule has 0 saturated carbocycles. The second-order valence-corrected chi connectivity index (χ2v) is 6.85. The third kappa shape index (κ3) is 6.61. The molecular formula is C19H32N4. The fraction of sp³-hybridized carbons (Fsp3) is 0.632. The number of nitrogens with one attached hydrogen (secondary N) is 2. The van der Waals surface area contributed by atoms with Gasteiger partial charge in [0.05, 0.1) is 0 Å². The van der Waals surface area contributed by atoms with E-state index in [-0.39, 0.29) is 0 Å². The van der Waals surface area contributed by atoms with E-state index in [9.17, 15) is 0 Å². The van der Waals surface area contributed by atoms with Gasteiger partial charge in [-0.1, -0.05) is 44.5 Å². The minimum Gasteiger partial charge on any atom is -0.356 e. The van der Waals surface area contributed by atoms with Crippen LogP contribution in [0.15, 0.2) is 29.3 Å². The van der Waals surface area contributed by atoms with Gasteiger partial charge in [-0.05, 0) is 43.0 Å². The number of nitrogens with zero attached hydrogens (tertiary/aromatic N) is 2. The van der Waals surface area contributed by atoms with Gasteiger partial charge >= 0.3 is 0 Å². The average molecular weight is 316 g/mol. The standard InChI is InChI=1S/C19H32N4/c1-16(2)13-21-19(20-3)22-14-17-7-9-18(10-8-17)15-23-11-5-4-6-12-23/h7-10,16H,4-6,11-15H2,1-3H3,(H2,20,21,22). The molecule has 0 radical (unpaired) electrons.